The van der Waals surface area contributed by atoms with Gasteiger partial charge < -0.3 is 20.1 Å². The van der Waals surface area contributed by atoms with Crippen molar-refractivity contribution in [3.63, 3.8) is 0 Å². The average molecular weight is 391 g/mol. The van der Waals surface area contributed by atoms with E-state index in [0.717, 1.165) is 30.4 Å². The molecule has 1 heterocycles. The first-order valence-corrected chi connectivity index (χ1v) is 10.5. The summed E-state index contributed by atoms with van der Waals surface area (Å²) >= 11 is 0. The summed E-state index contributed by atoms with van der Waals surface area (Å²) in [5, 5.41) is 6.89. The van der Waals surface area contributed by atoms with Gasteiger partial charge in [0, 0.05) is 25.7 Å². The first-order chi connectivity index (χ1) is 13.5. The smallest absolute Gasteiger partial charge is 0.191 e. The van der Waals surface area contributed by atoms with E-state index in [0.29, 0.717) is 19.8 Å². The monoisotopic (exact) mass is 390 g/mol. The van der Waals surface area contributed by atoms with Crippen molar-refractivity contribution in [1.29, 1.82) is 0 Å². The highest BCUT2D eigenvalue weighted by Gasteiger charge is 2.27. The van der Waals surface area contributed by atoms with Crippen LogP contribution in [-0.4, -0.2) is 62.9 Å². The molecule has 6 nitrogen and oxygen atoms in total. The van der Waals surface area contributed by atoms with Gasteiger partial charge in [-0.15, -0.1) is 0 Å². The van der Waals surface area contributed by atoms with Crippen LogP contribution in [0.25, 0.3) is 0 Å². The standard InChI is InChI=1S/C22H38N4O2/c1-5-23-21(25-18-22(2,3)26-12-7-6-8-13-26)24-17-19-10-9-11-20(16-19)28-15-14-27-4/h9-11,16H,5-8,12-15,17-18H2,1-4H3,(H2,23,24,25). The lowest BCUT2D eigenvalue weighted by atomic mass is 9.98. The summed E-state index contributed by atoms with van der Waals surface area (Å²) in [7, 11) is 1.68. The Labute approximate surface area is 170 Å². The van der Waals surface area contributed by atoms with Gasteiger partial charge in [-0.1, -0.05) is 18.6 Å². The summed E-state index contributed by atoms with van der Waals surface area (Å²) in [6, 6.07) is 8.09. The Hall–Kier alpha value is -1.79. The Morgan fingerprint density at radius 2 is 1.93 bits per heavy atom. The second-order valence-corrected chi connectivity index (χ2v) is 7.90. The third kappa shape index (κ3) is 7.68. The fourth-order valence-electron chi connectivity index (χ4n) is 3.40. The molecule has 1 aliphatic rings. The molecular formula is C22H38N4O2. The van der Waals surface area contributed by atoms with E-state index < -0.39 is 0 Å². The maximum Gasteiger partial charge on any atom is 0.191 e. The van der Waals surface area contributed by atoms with Gasteiger partial charge in [0.15, 0.2) is 5.96 Å². The van der Waals surface area contributed by atoms with E-state index in [4.69, 9.17) is 14.5 Å². The van der Waals surface area contributed by atoms with Crippen molar-refractivity contribution < 1.29 is 9.47 Å². The molecule has 0 atom stereocenters. The predicted molar refractivity (Wildman–Crippen MR) is 116 cm³/mol. The Morgan fingerprint density at radius 3 is 2.64 bits per heavy atom. The summed E-state index contributed by atoms with van der Waals surface area (Å²) in [4.78, 5) is 7.36. The van der Waals surface area contributed by atoms with Gasteiger partial charge in [-0.3, -0.25) is 4.90 Å². The minimum absolute atomic E-state index is 0.117. The Kier molecular flexibility index (Phi) is 9.58. The first-order valence-electron chi connectivity index (χ1n) is 10.5. The number of likely N-dealkylation sites (tertiary alicyclic amines) is 1. The Balaban J connectivity index is 1.91. The molecule has 0 unspecified atom stereocenters. The molecule has 0 amide bonds. The van der Waals surface area contributed by atoms with Gasteiger partial charge in [-0.25, -0.2) is 4.99 Å². The van der Waals surface area contributed by atoms with Crippen LogP contribution in [0.2, 0.25) is 0 Å². The van der Waals surface area contributed by atoms with Gasteiger partial charge in [0.1, 0.15) is 12.4 Å². The highest BCUT2D eigenvalue weighted by atomic mass is 16.5. The molecule has 2 N–H and O–H groups in total. The summed E-state index contributed by atoms with van der Waals surface area (Å²) in [5.74, 6) is 1.72. The first kappa shape index (κ1) is 22.5. The number of guanidine groups is 1. The molecule has 1 aromatic carbocycles. The van der Waals surface area contributed by atoms with Gasteiger partial charge in [0.2, 0.25) is 0 Å². The largest absolute Gasteiger partial charge is 0.491 e. The van der Waals surface area contributed by atoms with E-state index in [2.05, 4.69) is 42.4 Å². The maximum atomic E-state index is 5.69. The average Bonchev–Trinajstić information content (AvgIpc) is 2.71. The molecule has 0 aromatic heterocycles. The number of nitrogens with zero attached hydrogens (tertiary/aromatic N) is 2. The quantitative estimate of drug-likeness (QED) is 0.365. The van der Waals surface area contributed by atoms with Crippen LogP contribution >= 0.6 is 0 Å². The molecule has 0 aliphatic carbocycles. The maximum absolute atomic E-state index is 5.69. The lowest BCUT2D eigenvalue weighted by Crippen LogP contribution is -2.54. The zero-order valence-corrected chi connectivity index (χ0v) is 18.1. The van der Waals surface area contributed by atoms with Gasteiger partial charge in [-0.05, 0) is 64.4 Å². The van der Waals surface area contributed by atoms with Crippen molar-refractivity contribution in [1.82, 2.24) is 15.5 Å². The number of hydrogen-bond acceptors (Lipinski definition) is 4. The Bertz CT molecular complexity index is 598. The molecule has 1 aliphatic heterocycles. The molecule has 1 aromatic rings. The van der Waals surface area contributed by atoms with E-state index >= 15 is 0 Å². The normalized spacial score (nSPS) is 16.1. The van der Waals surface area contributed by atoms with E-state index in [-0.39, 0.29) is 5.54 Å². The fraction of sp³-hybridized carbons (Fsp3) is 0.682. The zero-order valence-electron chi connectivity index (χ0n) is 18.1. The predicted octanol–water partition coefficient (Wildman–Crippen LogP) is 3.03. The molecule has 2 rings (SSSR count). The van der Waals surface area contributed by atoms with Crippen LogP contribution in [0.4, 0.5) is 0 Å². The van der Waals surface area contributed by atoms with Crippen molar-refractivity contribution in [2.24, 2.45) is 4.99 Å². The fourth-order valence-corrected chi connectivity index (χ4v) is 3.40. The second kappa shape index (κ2) is 11.9. The van der Waals surface area contributed by atoms with Gasteiger partial charge in [-0.2, -0.15) is 0 Å². The molecule has 1 saturated heterocycles. The van der Waals surface area contributed by atoms with Crippen molar-refractivity contribution in [2.75, 3.05) is 46.5 Å². The molecule has 0 radical (unpaired) electrons. The summed E-state index contributed by atoms with van der Waals surface area (Å²) in [6.45, 7) is 12.6. The van der Waals surface area contributed by atoms with E-state index in [1.54, 1.807) is 7.11 Å². The van der Waals surface area contributed by atoms with E-state index in [9.17, 15) is 0 Å². The lowest BCUT2D eigenvalue weighted by Gasteiger charge is -2.41. The molecule has 6 heteroatoms. The minimum Gasteiger partial charge on any atom is -0.491 e. The summed E-state index contributed by atoms with van der Waals surface area (Å²) < 4.78 is 10.7. The molecule has 1 fully saturated rings. The van der Waals surface area contributed by atoms with E-state index in [1.807, 2.05) is 18.2 Å². The SMILES string of the molecule is CCNC(=NCc1cccc(OCCOC)c1)NCC(C)(C)N1CCCCC1. The van der Waals surface area contributed by atoms with Crippen LogP contribution in [0.15, 0.2) is 29.3 Å². The van der Waals surface area contributed by atoms with Gasteiger partial charge in [0.05, 0.1) is 13.2 Å². The van der Waals surface area contributed by atoms with Crippen molar-refractivity contribution >= 4 is 5.96 Å². The molecule has 158 valence electrons. The number of aliphatic imine (C=N–C) groups is 1. The summed E-state index contributed by atoms with van der Waals surface area (Å²) in [5.41, 5.74) is 1.24. The molecule has 0 saturated carbocycles. The number of methoxy groups -OCH3 is 1. The third-order valence-corrected chi connectivity index (χ3v) is 5.12. The van der Waals surface area contributed by atoms with Crippen molar-refractivity contribution in [2.45, 2.75) is 52.1 Å². The van der Waals surface area contributed by atoms with Gasteiger partial charge in [0.25, 0.3) is 0 Å². The molecule has 28 heavy (non-hydrogen) atoms. The second-order valence-electron chi connectivity index (χ2n) is 7.90. The third-order valence-electron chi connectivity index (χ3n) is 5.12. The van der Waals surface area contributed by atoms with Crippen LogP contribution in [0, 0.1) is 0 Å². The van der Waals surface area contributed by atoms with Crippen LogP contribution in [0.3, 0.4) is 0 Å². The number of benzene rings is 1. The summed E-state index contributed by atoms with van der Waals surface area (Å²) in [6.07, 6.45) is 3.97. The Morgan fingerprint density at radius 1 is 1.14 bits per heavy atom. The van der Waals surface area contributed by atoms with Crippen LogP contribution in [-0.2, 0) is 11.3 Å². The zero-order chi connectivity index (χ0) is 20.2. The number of nitrogens with one attached hydrogen (secondary N) is 2. The number of piperidine rings is 1. The number of hydrogen-bond donors (Lipinski definition) is 2. The van der Waals surface area contributed by atoms with Crippen LogP contribution < -0.4 is 15.4 Å². The minimum atomic E-state index is 0.117. The van der Waals surface area contributed by atoms with Crippen molar-refractivity contribution in [3.8, 4) is 5.75 Å². The van der Waals surface area contributed by atoms with E-state index in [1.165, 1.54) is 32.4 Å². The highest BCUT2D eigenvalue weighted by molar-refractivity contribution is 5.79. The van der Waals surface area contributed by atoms with Gasteiger partial charge >= 0.3 is 0 Å². The van der Waals surface area contributed by atoms with Crippen molar-refractivity contribution in [3.05, 3.63) is 29.8 Å². The van der Waals surface area contributed by atoms with Crippen LogP contribution in [0.5, 0.6) is 5.75 Å². The molecule has 0 bridgehead atoms. The number of ether oxygens (including phenoxy) is 2. The highest BCUT2D eigenvalue weighted by Crippen LogP contribution is 2.20. The molecule has 0 spiro atoms. The topological polar surface area (TPSA) is 58.1 Å². The lowest BCUT2D eigenvalue weighted by molar-refractivity contribution is 0.0982. The number of rotatable bonds is 10. The molecular weight excluding hydrogens is 352 g/mol. The van der Waals surface area contributed by atoms with Crippen LogP contribution in [0.1, 0.15) is 45.6 Å².